The van der Waals surface area contributed by atoms with Gasteiger partial charge in [-0.2, -0.15) is 15.0 Å². The van der Waals surface area contributed by atoms with Crippen molar-refractivity contribution >= 4 is 17.7 Å². The Morgan fingerprint density at radius 1 is 1.33 bits per heavy atom. The van der Waals surface area contributed by atoms with Gasteiger partial charge in [0.15, 0.2) is 5.16 Å². The van der Waals surface area contributed by atoms with E-state index in [1.165, 1.54) is 6.07 Å². The zero-order valence-corrected chi connectivity index (χ0v) is 12.6. The highest BCUT2D eigenvalue weighted by Crippen LogP contribution is 2.22. The number of ether oxygens (including phenoxy) is 1. The minimum absolute atomic E-state index is 0.0900. The first kappa shape index (κ1) is 15.2. The van der Waals surface area contributed by atoms with Gasteiger partial charge in [0.1, 0.15) is 0 Å². The lowest BCUT2D eigenvalue weighted by molar-refractivity contribution is 0.219. The average Bonchev–Trinajstić information content (AvgIpc) is 2.36. The van der Waals surface area contributed by atoms with Crippen LogP contribution in [0.1, 0.15) is 19.5 Å². The summed E-state index contributed by atoms with van der Waals surface area (Å²) in [4.78, 5) is 30.4. The van der Waals surface area contributed by atoms with Crippen molar-refractivity contribution in [3.63, 3.8) is 0 Å². The molecular weight excluding hydrogens is 294 g/mol. The molecule has 2 aromatic heterocycles. The number of hydrogen-bond donors (Lipinski definition) is 3. The number of rotatable bonds is 5. The van der Waals surface area contributed by atoms with Crippen LogP contribution in [0.15, 0.2) is 21.2 Å². The molecule has 0 spiro atoms. The van der Waals surface area contributed by atoms with Gasteiger partial charge < -0.3 is 9.72 Å². The minimum Gasteiger partial charge on any atom is -0.461 e. The van der Waals surface area contributed by atoms with Gasteiger partial charge in [0.05, 0.1) is 6.10 Å². The predicted octanol–water partition coefficient (Wildman–Crippen LogP) is 0.487. The first-order valence-corrected chi connectivity index (χ1v) is 6.93. The molecule has 0 unspecified atom stereocenters. The van der Waals surface area contributed by atoms with Gasteiger partial charge in [-0.25, -0.2) is 10.8 Å². The third kappa shape index (κ3) is 4.39. The maximum atomic E-state index is 11.4. The van der Waals surface area contributed by atoms with E-state index in [2.05, 4.69) is 30.3 Å². The Bertz CT molecular complexity index is 689. The summed E-state index contributed by atoms with van der Waals surface area (Å²) in [7, 11) is 0. The highest BCUT2D eigenvalue weighted by molar-refractivity contribution is 7.99. The Balaban J connectivity index is 2.31. The number of aromatic amines is 1. The third-order valence-corrected chi connectivity index (χ3v) is 2.85. The van der Waals surface area contributed by atoms with Crippen LogP contribution < -0.4 is 21.6 Å². The van der Waals surface area contributed by atoms with Crippen molar-refractivity contribution in [2.75, 3.05) is 5.43 Å². The van der Waals surface area contributed by atoms with Crippen LogP contribution in [-0.2, 0) is 0 Å². The van der Waals surface area contributed by atoms with Gasteiger partial charge in [-0.3, -0.25) is 10.2 Å². The second-order valence-corrected chi connectivity index (χ2v) is 5.29. The number of nitrogens with two attached hydrogens (primary N) is 1. The van der Waals surface area contributed by atoms with Gasteiger partial charge in [0.2, 0.25) is 11.1 Å². The van der Waals surface area contributed by atoms with Crippen LogP contribution in [-0.4, -0.2) is 31.0 Å². The van der Waals surface area contributed by atoms with Gasteiger partial charge in [-0.1, -0.05) is 0 Å². The van der Waals surface area contributed by atoms with Crippen molar-refractivity contribution in [2.24, 2.45) is 5.84 Å². The Kier molecular flexibility index (Phi) is 4.70. The number of nitrogens with zero attached hydrogens (tertiary/aromatic N) is 4. The summed E-state index contributed by atoms with van der Waals surface area (Å²) in [5.41, 5.74) is 2.70. The van der Waals surface area contributed by atoms with Crippen molar-refractivity contribution in [3.8, 4) is 6.01 Å². The van der Waals surface area contributed by atoms with Gasteiger partial charge in [0, 0.05) is 11.8 Å². The zero-order valence-electron chi connectivity index (χ0n) is 11.7. The van der Waals surface area contributed by atoms with Crippen molar-refractivity contribution in [2.45, 2.75) is 37.2 Å². The molecule has 0 amide bonds. The molecule has 2 aromatic rings. The molecule has 10 heteroatoms. The number of nitrogen functional groups attached to an aromatic ring is 1. The summed E-state index contributed by atoms with van der Waals surface area (Å²) in [5.74, 6) is 5.48. The minimum atomic E-state index is -0.241. The molecule has 4 N–H and O–H groups in total. The molecule has 112 valence electrons. The van der Waals surface area contributed by atoms with Gasteiger partial charge in [0.25, 0.3) is 5.56 Å². The largest absolute Gasteiger partial charge is 0.461 e. The van der Waals surface area contributed by atoms with Gasteiger partial charge >= 0.3 is 6.01 Å². The van der Waals surface area contributed by atoms with Gasteiger partial charge in [-0.15, -0.1) is 0 Å². The molecule has 2 heterocycles. The van der Waals surface area contributed by atoms with Crippen LogP contribution >= 0.6 is 11.8 Å². The standard InChI is InChI=1S/C11H15N7O2S/c1-5(2)20-9-15-8(18-12)16-11(17-9)21-10-13-6(3)4-7(19)14-10/h4-5H,12H2,1-3H3,(H,13,14,19)(H,15,16,17,18). The molecule has 0 bridgehead atoms. The molecule has 0 aromatic carbocycles. The van der Waals surface area contributed by atoms with Crippen LogP contribution in [0.3, 0.4) is 0 Å². The van der Waals surface area contributed by atoms with E-state index in [-0.39, 0.29) is 23.6 Å². The molecule has 0 saturated heterocycles. The fourth-order valence-electron chi connectivity index (χ4n) is 1.40. The summed E-state index contributed by atoms with van der Waals surface area (Å²) >= 11 is 1.08. The van der Waals surface area contributed by atoms with E-state index in [0.717, 1.165) is 11.8 Å². The van der Waals surface area contributed by atoms with Crippen LogP contribution in [0.25, 0.3) is 0 Å². The fourth-order valence-corrected chi connectivity index (χ4v) is 2.17. The van der Waals surface area contributed by atoms with E-state index in [9.17, 15) is 4.79 Å². The highest BCUT2D eigenvalue weighted by atomic mass is 32.2. The number of nitrogens with one attached hydrogen (secondary N) is 2. The lowest BCUT2D eigenvalue weighted by atomic mass is 10.5. The molecule has 0 aliphatic heterocycles. The Morgan fingerprint density at radius 2 is 2.10 bits per heavy atom. The van der Waals surface area contributed by atoms with E-state index < -0.39 is 0 Å². The summed E-state index contributed by atoms with van der Waals surface area (Å²) in [5, 5.41) is 0.687. The molecular formula is C11H15N7O2S. The summed E-state index contributed by atoms with van der Waals surface area (Å²) in [6, 6.07) is 1.54. The van der Waals surface area contributed by atoms with Crippen molar-refractivity contribution in [1.82, 2.24) is 24.9 Å². The third-order valence-electron chi connectivity index (χ3n) is 2.10. The normalized spacial score (nSPS) is 10.7. The van der Waals surface area contributed by atoms with Crippen LogP contribution in [0.4, 0.5) is 5.95 Å². The highest BCUT2D eigenvalue weighted by Gasteiger charge is 2.11. The molecule has 0 radical (unpaired) electrons. The molecule has 0 atom stereocenters. The van der Waals surface area contributed by atoms with Crippen LogP contribution in [0.5, 0.6) is 6.01 Å². The second kappa shape index (κ2) is 6.50. The Labute approximate surface area is 124 Å². The smallest absolute Gasteiger partial charge is 0.322 e. The van der Waals surface area contributed by atoms with Crippen molar-refractivity contribution in [3.05, 3.63) is 22.1 Å². The summed E-state index contributed by atoms with van der Waals surface area (Å²) < 4.78 is 5.42. The first-order chi connectivity index (χ1) is 9.96. The van der Waals surface area contributed by atoms with E-state index in [4.69, 9.17) is 10.6 Å². The number of H-pyrrole nitrogens is 1. The monoisotopic (exact) mass is 309 g/mol. The molecule has 2 rings (SSSR count). The molecule has 9 nitrogen and oxygen atoms in total. The van der Waals surface area contributed by atoms with Crippen molar-refractivity contribution < 1.29 is 4.74 Å². The average molecular weight is 309 g/mol. The second-order valence-electron chi connectivity index (χ2n) is 4.33. The number of aryl methyl sites for hydroxylation is 1. The molecule has 0 fully saturated rings. The Hall–Kier alpha value is -2.20. The topological polar surface area (TPSA) is 132 Å². The maximum Gasteiger partial charge on any atom is 0.322 e. The first-order valence-electron chi connectivity index (χ1n) is 6.11. The lowest BCUT2D eigenvalue weighted by Crippen LogP contribution is -2.15. The van der Waals surface area contributed by atoms with Gasteiger partial charge in [-0.05, 0) is 32.5 Å². The van der Waals surface area contributed by atoms with Crippen LogP contribution in [0, 0.1) is 6.92 Å². The summed E-state index contributed by atoms with van der Waals surface area (Å²) in [6.07, 6.45) is -0.0900. The maximum absolute atomic E-state index is 11.4. The SMILES string of the molecule is Cc1cc(=O)[nH]c(Sc2nc(NN)nc(OC(C)C)n2)n1. The number of anilines is 1. The van der Waals surface area contributed by atoms with E-state index in [1.54, 1.807) is 6.92 Å². The predicted molar refractivity (Wildman–Crippen MR) is 77.1 cm³/mol. The van der Waals surface area contributed by atoms with E-state index in [0.29, 0.717) is 16.0 Å². The molecule has 0 saturated carbocycles. The number of aromatic nitrogens is 5. The summed E-state index contributed by atoms with van der Waals surface area (Å²) in [6.45, 7) is 5.43. The lowest BCUT2D eigenvalue weighted by Gasteiger charge is -2.09. The van der Waals surface area contributed by atoms with E-state index in [1.807, 2.05) is 13.8 Å². The fraction of sp³-hybridized carbons (Fsp3) is 0.364. The number of hydrazine groups is 1. The molecule has 21 heavy (non-hydrogen) atoms. The van der Waals surface area contributed by atoms with Crippen molar-refractivity contribution in [1.29, 1.82) is 0 Å². The van der Waals surface area contributed by atoms with Crippen LogP contribution in [0.2, 0.25) is 0 Å². The quantitative estimate of drug-likeness (QED) is 0.410. The Morgan fingerprint density at radius 3 is 2.71 bits per heavy atom. The molecule has 0 aliphatic carbocycles. The zero-order chi connectivity index (χ0) is 15.4. The molecule has 0 aliphatic rings. The number of hydrogen-bond acceptors (Lipinski definition) is 9. The van der Waals surface area contributed by atoms with E-state index >= 15 is 0 Å².